The lowest BCUT2D eigenvalue weighted by atomic mass is 10.0. The zero-order valence-electron chi connectivity index (χ0n) is 10.8. The molecule has 1 atom stereocenters. The highest BCUT2D eigenvalue weighted by atomic mass is 79.9. The molecule has 1 fully saturated rings. The van der Waals surface area contributed by atoms with Gasteiger partial charge in [-0.25, -0.2) is 0 Å². The Kier molecular flexibility index (Phi) is 5.05. The zero-order chi connectivity index (χ0) is 14.7. The molecule has 1 N–H and O–H groups in total. The summed E-state index contributed by atoms with van der Waals surface area (Å²) in [6, 6.07) is 5.28. The molecule has 1 aromatic rings. The molecule has 0 radical (unpaired) electrons. The molecule has 1 heterocycles. The maximum absolute atomic E-state index is 12.4. The highest BCUT2D eigenvalue weighted by Crippen LogP contribution is 2.29. The summed E-state index contributed by atoms with van der Waals surface area (Å²) < 4.78 is 0.701. The van der Waals surface area contributed by atoms with Crippen LogP contribution >= 0.6 is 27.5 Å². The van der Waals surface area contributed by atoms with Crippen molar-refractivity contribution in [2.75, 3.05) is 13.1 Å². The summed E-state index contributed by atoms with van der Waals surface area (Å²) in [5.74, 6) is -0.611. The Morgan fingerprint density at radius 3 is 2.90 bits per heavy atom. The minimum atomic E-state index is -0.787. The second kappa shape index (κ2) is 6.59. The van der Waals surface area contributed by atoms with E-state index in [-0.39, 0.29) is 18.2 Å². The van der Waals surface area contributed by atoms with Crippen LogP contribution in [-0.4, -0.2) is 35.0 Å². The van der Waals surface area contributed by atoms with Crippen molar-refractivity contribution in [3.63, 3.8) is 0 Å². The zero-order valence-corrected chi connectivity index (χ0v) is 13.2. The van der Waals surface area contributed by atoms with Crippen molar-refractivity contribution in [2.24, 2.45) is 5.92 Å². The van der Waals surface area contributed by atoms with Gasteiger partial charge in [-0.05, 0) is 46.8 Å². The van der Waals surface area contributed by atoms with Crippen molar-refractivity contribution in [3.05, 3.63) is 33.3 Å². The number of rotatable bonds is 4. The van der Waals surface area contributed by atoms with Gasteiger partial charge in [-0.1, -0.05) is 17.7 Å². The standard InChI is InChI=1S/C14H15BrClNO3/c15-11-3-1-2-10(13(11)16)14(20)17-7-6-9(8-17)4-5-12(18)19/h1-3,9H,4-8H2,(H,18,19). The second-order valence-corrected chi connectivity index (χ2v) is 6.17. The van der Waals surface area contributed by atoms with Crippen LogP contribution in [0.15, 0.2) is 22.7 Å². The second-order valence-electron chi connectivity index (χ2n) is 4.94. The molecule has 1 saturated heterocycles. The van der Waals surface area contributed by atoms with Gasteiger partial charge in [0.25, 0.3) is 5.91 Å². The van der Waals surface area contributed by atoms with Crippen LogP contribution in [0.1, 0.15) is 29.6 Å². The van der Waals surface area contributed by atoms with E-state index in [1.807, 2.05) is 0 Å². The van der Waals surface area contributed by atoms with Gasteiger partial charge < -0.3 is 10.0 Å². The molecule has 1 aromatic carbocycles. The highest BCUT2D eigenvalue weighted by Gasteiger charge is 2.28. The third kappa shape index (κ3) is 3.52. The van der Waals surface area contributed by atoms with Crippen LogP contribution in [0.25, 0.3) is 0 Å². The van der Waals surface area contributed by atoms with Crippen LogP contribution in [0.3, 0.4) is 0 Å². The number of hydrogen-bond donors (Lipinski definition) is 1. The number of amides is 1. The molecule has 0 aromatic heterocycles. The average molecular weight is 361 g/mol. The van der Waals surface area contributed by atoms with E-state index in [9.17, 15) is 9.59 Å². The van der Waals surface area contributed by atoms with Crippen LogP contribution in [0.2, 0.25) is 5.02 Å². The first-order valence-corrected chi connectivity index (χ1v) is 7.61. The van der Waals surface area contributed by atoms with Crippen molar-refractivity contribution in [2.45, 2.75) is 19.3 Å². The van der Waals surface area contributed by atoms with Gasteiger partial charge in [-0.2, -0.15) is 0 Å². The fourth-order valence-corrected chi connectivity index (χ4v) is 2.99. The number of carbonyl (C=O) groups is 2. The van der Waals surface area contributed by atoms with Crippen molar-refractivity contribution in [1.29, 1.82) is 0 Å². The number of likely N-dealkylation sites (tertiary alicyclic amines) is 1. The Labute approximate surface area is 130 Å². The van der Waals surface area contributed by atoms with Gasteiger partial charge in [0.05, 0.1) is 10.6 Å². The lowest BCUT2D eigenvalue weighted by molar-refractivity contribution is -0.137. The van der Waals surface area contributed by atoms with Crippen LogP contribution in [0.5, 0.6) is 0 Å². The van der Waals surface area contributed by atoms with Crippen molar-refractivity contribution >= 4 is 39.4 Å². The minimum absolute atomic E-state index is 0.0888. The van der Waals surface area contributed by atoms with Gasteiger partial charge in [-0.3, -0.25) is 9.59 Å². The Bertz CT molecular complexity index is 535. The molecule has 1 amide bonds. The Hall–Kier alpha value is -1.07. The van der Waals surface area contributed by atoms with Gasteiger partial charge in [-0.15, -0.1) is 0 Å². The van der Waals surface area contributed by atoms with E-state index in [0.717, 1.165) is 6.42 Å². The number of aliphatic carboxylic acids is 1. The lowest BCUT2D eigenvalue weighted by Crippen LogP contribution is -2.29. The van der Waals surface area contributed by atoms with Crippen LogP contribution in [0.4, 0.5) is 0 Å². The smallest absolute Gasteiger partial charge is 0.303 e. The molecule has 1 unspecified atom stereocenters. The maximum Gasteiger partial charge on any atom is 0.303 e. The predicted molar refractivity (Wildman–Crippen MR) is 80.0 cm³/mol. The number of carboxylic acids is 1. The first-order valence-electron chi connectivity index (χ1n) is 6.44. The minimum Gasteiger partial charge on any atom is -0.481 e. The van der Waals surface area contributed by atoms with E-state index in [0.29, 0.717) is 34.6 Å². The van der Waals surface area contributed by atoms with Crippen LogP contribution in [-0.2, 0) is 4.79 Å². The third-order valence-electron chi connectivity index (χ3n) is 3.52. The fourth-order valence-electron chi connectivity index (χ4n) is 2.42. The lowest BCUT2D eigenvalue weighted by Gasteiger charge is -2.17. The predicted octanol–water partition coefficient (Wildman–Crippen LogP) is 3.43. The number of benzene rings is 1. The van der Waals surface area contributed by atoms with Crippen LogP contribution < -0.4 is 0 Å². The molecule has 20 heavy (non-hydrogen) atoms. The number of carboxylic acid groups (broad SMARTS) is 1. The van der Waals surface area contributed by atoms with Gasteiger partial charge >= 0.3 is 5.97 Å². The van der Waals surface area contributed by atoms with Crippen molar-refractivity contribution in [3.8, 4) is 0 Å². The molecule has 0 spiro atoms. The van der Waals surface area contributed by atoms with E-state index in [1.165, 1.54) is 0 Å². The molecule has 108 valence electrons. The van der Waals surface area contributed by atoms with Crippen LogP contribution in [0, 0.1) is 5.92 Å². The SMILES string of the molecule is O=C(O)CCC1CCN(C(=O)c2cccc(Br)c2Cl)C1. The first kappa shape index (κ1) is 15.3. The molecule has 0 aliphatic carbocycles. The molecule has 0 saturated carbocycles. The average Bonchev–Trinajstić information content (AvgIpc) is 2.87. The maximum atomic E-state index is 12.4. The molecule has 0 bridgehead atoms. The normalized spacial score (nSPS) is 18.3. The summed E-state index contributed by atoms with van der Waals surface area (Å²) in [6.45, 7) is 1.26. The third-order valence-corrected chi connectivity index (χ3v) is 4.82. The molecular weight excluding hydrogens is 346 g/mol. The molecule has 6 heteroatoms. The molecule has 1 aliphatic rings. The van der Waals surface area contributed by atoms with E-state index < -0.39 is 5.97 Å². The Morgan fingerprint density at radius 2 is 2.20 bits per heavy atom. The molecule has 2 rings (SSSR count). The van der Waals surface area contributed by atoms with E-state index in [1.54, 1.807) is 23.1 Å². The Morgan fingerprint density at radius 1 is 1.45 bits per heavy atom. The topological polar surface area (TPSA) is 57.6 Å². The van der Waals surface area contributed by atoms with Gasteiger partial charge in [0, 0.05) is 24.0 Å². The number of carbonyl (C=O) groups excluding carboxylic acids is 1. The molecule has 4 nitrogen and oxygen atoms in total. The summed E-state index contributed by atoms with van der Waals surface area (Å²) in [4.78, 5) is 24.7. The quantitative estimate of drug-likeness (QED) is 0.895. The molecular formula is C14H15BrClNO3. The number of hydrogen-bond acceptors (Lipinski definition) is 2. The largest absolute Gasteiger partial charge is 0.481 e. The summed E-state index contributed by atoms with van der Waals surface area (Å²) in [6.07, 6.45) is 1.63. The van der Waals surface area contributed by atoms with Gasteiger partial charge in [0.1, 0.15) is 0 Å². The first-order chi connectivity index (χ1) is 9.49. The monoisotopic (exact) mass is 359 g/mol. The number of nitrogens with zero attached hydrogens (tertiary/aromatic N) is 1. The summed E-state index contributed by atoms with van der Waals surface area (Å²) in [7, 11) is 0. The number of halogens is 2. The van der Waals surface area contributed by atoms with E-state index in [4.69, 9.17) is 16.7 Å². The summed E-state index contributed by atoms with van der Waals surface area (Å²) in [5, 5.41) is 9.11. The summed E-state index contributed by atoms with van der Waals surface area (Å²) in [5.41, 5.74) is 0.486. The van der Waals surface area contributed by atoms with Crippen molar-refractivity contribution in [1.82, 2.24) is 4.90 Å². The fraction of sp³-hybridized carbons (Fsp3) is 0.429. The highest BCUT2D eigenvalue weighted by molar-refractivity contribution is 9.10. The van der Waals surface area contributed by atoms with E-state index in [2.05, 4.69) is 15.9 Å². The van der Waals surface area contributed by atoms with E-state index >= 15 is 0 Å². The molecule has 1 aliphatic heterocycles. The van der Waals surface area contributed by atoms with Gasteiger partial charge in [0.2, 0.25) is 0 Å². The summed E-state index contributed by atoms with van der Waals surface area (Å²) >= 11 is 9.44. The Balaban J connectivity index is 2.01. The van der Waals surface area contributed by atoms with Crippen molar-refractivity contribution < 1.29 is 14.7 Å². The van der Waals surface area contributed by atoms with Gasteiger partial charge in [0.15, 0.2) is 0 Å².